The summed E-state index contributed by atoms with van der Waals surface area (Å²) in [6.07, 6.45) is 2.08. The van der Waals surface area contributed by atoms with Gasteiger partial charge in [0.15, 0.2) is 0 Å². The Hall–Kier alpha value is -1.10. The quantitative estimate of drug-likeness (QED) is 0.478. The fraction of sp³-hybridized carbons (Fsp3) is 0.167. The molecule has 0 spiro atoms. The lowest BCUT2D eigenvalue weighted by molar-refractivity contribution is -0.107. The van der Waals surface area contributed by atoms with Crippen LogP contribution in [0.5, 0.6) is 0 Å². The average molecular weight is 347 g/mol. The molecular weight excluding hydrogens is 328 g/mol. The highest BCUT2D eigenvalue weighted by atomic mass is 32.2. The normalized spacial score (nSPS) is 10.5. The van der Waals surface area contributed by atoms with Crippen LogP contribution in [0.25, 0.3) is 0 Å². The summed E-state index contributed by atoms with van der Waals surface area (Å²) in [6, 6.07) is 16.8. The summed E-state index contributed by atoms with van der Waals surface area (Å²) in [5, 5.41) is 0.0594. The zero-order valence-electron chi connectivity index (χ0n) is 12.7. The minimum atomic E-state index is 0.0594. The zero-order valence-corrected chi connectivity index (χ0v) is 15.1. The maximum atomic E-state index is 11.7. The van der Waals surface area contributed by atoms with Gasteiger partial charge in [0.2, 0.25) is 5.12 Å². The van der Waals surface area contributed by atoms with Crippen LogP contribution in [-0.4, -0.2) is 11.4 Å². The van der Waals surface area contributed by atoms with Crippen molar-refractivity contribution in [2.24, 2.45) is 0 Å². The van der Waals surface area contributed by atoms with E-state index in [1.165, 1.54) is 32.0 Å². The Morgan fingerprint density at radius 1 is 1.05 bits per heavy atom. The van der Waals surface area contributed by atoms with Crippen molar-refractivity contribution in [3.8, 4) is 0 Å². The molecule has 0 aliphatic heterocycles. The second-order valence-electron chi connectivity index (χ2n) is 4.74. The Bertz CT molecular complexity index is 662. The van der Waals surface area contributed by atoms with Gasteiger partial charge >= 0.3 is 0 Å². The summed E-state index contributed by atoms with van der Waals surface area (Å²) < 4.78 is 0. The van der Waals surface area contributed by atoms with Crippen LogP contribution in [0.4, 0.5) is 0 Å². The van der Waals surface area contributed by atoms with Crippen molar-refractivity contribution < 1.29 is 4.79 Å². The summed E-state index contributed by atoms with van der Waals surface area (Å²) in [5.41, 5.74) is 1.78. The molecule has 1 nitrogen and oxygen atoms in total. The van der Waals surface area contributed by atoms with E-state index in [0.29, 0.717) is 11.3 Å². The number of hydrogen-bond donors (Lipinski definition) is 0. The molecule has 0 radical (unpaired) electrons. The number of thioether (sulfide) groups is 2. The van der Waals surface area contributed by atoms with Gasteiger partial charge < -0.3 is 0 Å². The largest absolute Gasteiger partial charge is 0.282 e. The van der Waals surface area contributed by atoms with Crippen LogP contribution >= 0.6 is 35.3 Å². The van der Waals surface area contributed by atoms with Crippen molar-refractivity contribution in [3.63, 3.8) is 0 Å². The number of benzene rings is 2. The van der Waals surface area contributed by atoms with Crippen molar-refractivity contribution in [2.45, 2.75) is 27.4 Å². The van der Waals surface area contributed by atoms with E-state index in [4.69, 9.17) is 0 Å². The van der Waals surface area contributed by atoms with E-state index in [2.05, 4.69) is 49.2 Å². The Morgan fingerprint density at radius 3 is 2.32 bits per heavy atom. The summed E-state index contributed by atoms with van der Waals surface area (Å²) >= 11 is 4.79. The molecule has 0 amide bonds. The van der Waals surface area contributed by atoms with Crippen molar-refractivity contribution in [1.29, 1.82) is 0 Å². The van der Waals surface area contributed by atoms with Crippen molar-refractivity contribution in [3.05, 3.63) is 66.2 Å². The van der Waals surface area contributed by atoms with Gasteiger partial charge in [-0.3, -0.25) is 4.79 Å². The molecule has 0 N–H and O–H groups in total. The molecule has 0 fully saturated rings. The highest BCUT2D eigenvalue weighted by Crippen LogP contribution is 2.33. The fourth-order valence-corrected chi connectivity index (χ4v) is 3.99. The lowest BCUT2D eigenvalue weighted by atomic mass is 10.2. The molecule has 0 aliphatic rings. The van der Waals surface area contributed by atoms with Gasteiger partial charge in [-0.2, -0.15) is 0 Å². The number of rotatable bonds is 6. The third-order valence-corrected chi connectivity index (χ3v) is 5.90. The van der Waals surface area contributed by atoms with E-state index in [1.54, 1.807) is 30.4 Å². The molecule has 22 heavy (non-hydrogen) atoms. The van der Waals surface area contributed by atoms with Crippen LogP contribution in [-0.2, 0) is 10.5 Å². The topological polar surface area (TPSA) is 17.1 Å². The summed E-state index contributed by atoms with van der Waals surface area (Å²) in [7, 11) is 0. The van der Waals surface area contributed by atoms with Crippen molar-refractivity contribution in [2.75, 3.05) is 6.26 Å². The van der Waals surface area contributed by atoms with E-state index in [-0.39, 0.29) is 5.12 Å². The van der Waals surface area contributed by atoms with Crippen LogP contribution in [0.3, 0.4) is 0 Å². The smallest absolute Gasteiger partial charge is 0.214 e. The number of carbonyl (C=O) groups excluding carboxylic acids is 1. The lowest BCUT2D eigenvalue weighted by Crippen LogP contribution is -1.94. The Kier molecular flexibility index (Phi) is 6.68. The molecule has 0 aliphatic carbocycles. The summed E-state index contributed by atoms with van der Waals surface area (Å²) in [5.74, 6) is 0.678. The third-order valence-electron chi connectivity index (χ3n) is 2.97. The molecule has 4 heteroatoms. The van der Waals surface area contributed by atoms with E-state index in [1.807, 2.05) is 12.1 Å². The van der Waals surface area contributed by atoms with Gasteiger partial charge in [0, 0.05) is 20.4 Å². The van der Waals surface area contributed by atoms with E-state index < -0.39 is 0 Å². The molecule has 0 saturated carbocycles. The lowest BCUT2D eigenvalue weighted by Gasteiger charge is -2.09. The maximum absolute atomic E-state index is 11.7. The van der Waals surface area contributed by atoms with Crippen LogP contribution in [0.1, 0.15) is 12.5 Å². The second-order valence-corrected chi connectivity index (χ2v) is 7.68. The molecule has 2 aromatic rings. The average Bonchev–Trinajstić information content (AvgIpc) is 2.54. The van der Waals surface area contributed by atoms with Gasteiger partial charge in [-0.15, -0.1) is 11.8 Å². The van der Waals surface area contributed by atoms with Crippen molar-refractivity contribution in [1.82, 2.24) is 0 Å². The van der Waals surface area contributed by atoms with Gasteiger partial charge in [-0.05, 0) is 54.6 Å². The predicted octanol–water partition coefficient (Wildman–Crippen LogP) is 5.90. The summed E-state index contributed by atoms with van der Waals surface area (Å²) in [4.78, 5) is 15.4. The maximum Gasteiger partial charge on any atom is 0.214 e. The minimum Gasteiger partial charge on any atom is -0.282 e. The first-order chi connectivity index (χ1) is 10.6. The van der Waals surface area contributed by atoms with E-state index >= 15 is 0 Å². The fourth-order valence-electron chi connectivity index (χ4n) is 1.76. The minimum absolute atomic E-state index is 0.0594. The van der Waals surface area contributed by atoms with Gasteiger partial charge in [0.25, 0.3) is 0 Å². The van der Waals surface area contributed by atoms with Gasteiger partial charge in [0.1, 0.15) is 0 Å². The molecule has 2 aromatic carbocycles. The Balaban J connectivity index is 2.10. The van der Waals surface area contributed by atoms with Crippen LogP contribution in [0, 0.1) is 0 Å². The molecule has 0 saturated heterocycles. The summed E-state index contributed by atoms with van der Waals surface area (Å²) in [6.45, 7) is 5.45. The molecule has 0 atom stereocenters. The standard InChI is InChI=1S/C18H18OS3/c1-13(2)18(19)21-12-14-6-4-5-7-17(14)22-16-10-8-15(20-3)9-11-16/h4-11H,1,12H2,2-3H3. The predicted molar refractivity (Wildman–Crippen MR) is 99.9 cm³/mol. The Labute approximate surface area is 145 Å². The van der Waals surface area contributed by atoms with E-state index in [0.717, 1.165) is 0 Å². The third kappa shape index (κ3) is 4.97. The number of hydrogen-bond acceptors (Lipinski definition) is 4. The molecule has 114 valence electrons. The molecule has 0 bridgehead atoms. The Morgan fingerprint density at radius 2 is 1.68 bits per heavy atom. The van der Waals surface area contributed by atoms with Crippen LogP contribution in [0.15, 0.2) is 75.4 Å². The number of carbonyl (C=O) groups is 1. The first-order valence-electron chi connectivity index (χ1n) is 6.82. The molecular formula is C18H18OS3. The first-order valence-corrected chi connectivity index (χ1v) is 9.85. The van der Waals surface area contributed by atoms with E-state index in [9.17, 15) is 4.79 Å². The molecule has 0 unspecified atom stereocenters. The zero-order chi connectivity index (χ0) is 15.9. The SMILES string of the molecule is C=C(C)C(=O)SCc1ccccc1Sc1ccc(SC)cc1. The van der Waals surface area contributed by atoms with Crippen molar-refractivity contribution >= 4 is 40.4 Å². The molecule has 0 heterocycles. The van der Waals surface area contributed by atoms with Crippen LogP contribution in [0.2, 0.25) is 0 Å². The van der Waals surface area contributed by atoms with Crippen LogP contribution < -0.4 is 0 Å². The molecule has 2 rings (SSSR count). The highest BCUT2D eigenvalue weighted by Gasteiger charge is 2.08. The highest BCUT2D eigenvalue weighted by molar-refractivity contribution is 8.13. The monoisotopic (exact) mass is 346 g/mol. The molecule has 0 aromatic heterocycles. The second kappa shape index (κ2) is 8.51. The van der Waals surface area contributed by atoms with Gasteiger partial charge in [0.05, 0.1) is 0 Å². The van der Waals surface area contributed by atoms with Gasteiger partial charge in [-0.1, -0.05) is 48.3 Å². The first kappa shape index (κ1) is 17.3. The van der Waals surface area contributed by atoms with Gasteiger partial charge in [-0.25, -0.2) is 0 Å².